The van der Waals surface area contributed by atoms with Gasteiger partial charge in [-0.1, -0.05) is 0 Å². The van der Waals surface area contributed by atoms with Gasteiger partial charge in [-0.3, -0.25) is 9.69 Å². The normalized spacial score (nSPS) is 26.2. The van der Waals surface area contributed by atoms with Gasteiger partial charge in [0.2, 0.25) is 5.91 Å². The third kappa shape index (κ3) is 3.91. The molecule has 2 aliphatic heterocycles. The lowest BCUT2D eigenvalue weighted by Gasteiger charge is -2.40. The number of hydrogen-bond acceptors (Lipinski definition) is 5. The number of aryl methyl sites for hydroxylation is 1. The highest BCUT2D eigenvalue weighted by Crippen LogP contribution is 2.24. The van der Waals surface area contributed by atoms with Crippen molar-refractivity contribution in [3.05, 3.63) is 18.2 Å². The van der Waals surface area contributed by atoms with Crippen LogP contribution in [0.5, 0.6) is 0 Å². The van der Waals surface area contributed by atoms with Crippen LogP contribution in [0.3, 0.4) is 0 Å². The Balaban J connectivity index is 1.62. The van der Waals surface area contributed by atoms with E-state index in [1.54, 1.807) is 7.11 Å². The van der Waals surface area contributed by atoms with E-state index in [9.17, 15) is 4.79 Å². The van der Waals surface area contributed by atoms with Crippen molar-refractivity contribution in [1.82, 2.24) is 19.4 Å². The van der Waals surface area contributed by atoms with E-state index in [4.69, 9.17) is 9.47 Å². The summed E-state index contributed by atoms with van der Waals surface area (Å²) in [5.74, 6) is 0.0847. The summed E-state index contributed by atoms with van der Waals surface area (Å²) in [6, 6.07) is 0.167. The van der Waals surface area contributed by atoms with Gasteiger partial charge < -0.3 is 18.9 Å². The molecule has 0 N–H and O–H groups in total. The van der Waals surface area contributed by atoms with Crippen LogP contribution in [-0.2, 0) is 27.9 Å². The minimum absolute atomic E-state index is 0.0847. The number of methoxy groups -OCH3 is 1. The maximum absolute atomic E-state index is 12.2. The first-order valence-electron chi connectivity index (χ1n) is 8.26. The summed E-state index contributed by atoms with van der Waals surface area (Å²) in [5, 5.41) is 0. The molecule has 2 fully saturated rings. The Morgan fingerprint density at radius 1 is 1.39 bits per heavy atom. The zero-order valence-corrected chi connectivity index (χ0v) is 14.0. The monoisotopic (exact) mass is 322 g/mol. The molecule has 3 heterocycles. The van der Waals surface area contributed by atoms with Crippen LogP contribution >= 0.6 is 0 Å². The van der Waals surface area contributed by atoms with E-state index in [1.165, 1.54) is 0 Å². The first-order chi connectivity index (χ1) is 11.2. The lowest BCUT2D eigenvalue weighted by Crippen LogP contribution is -2.55. The summed E-state index contributed by atoms with van der Waals surface area (Å²) in [6.45, 7) is 4.21. The molecule has 7 nitrogen and oxygen atoms in total. The number of likely N-dealkylation sites (tertiary alicyclic amines) is 1. The van der Waals surface area contributed by atoms with Gasteiger partial charge in [0.05, 0.1) is 30.8 Å². The third-order valence-corrected chi connectivity index (χ3v) is 4.72. The van der Waals surface area contributed by atoms with Crippen molar-refractivity contribution in [2.24, 2.45) is 7.05 Å². The van der Waals surface area contributed by atoms with Crippen molar-refractivity contribution in [3.63, 3.8) is 0 Å². The Hall–Kier alpha value is -1.44. The van der Waals surface area contributed by atoms with Crippen LogP contribution in [0.4, 0.5) is 0 Å². The number of ether oxygens (including phenoxy) is 2. The van der Waals surface area contributed by atoms with Crippen LogP contribution in [0, 0.1) is 0 Å². The van der Waals surface area contributed by atoms with Gasteiger partial charge >= 0.3 is 0 Å². The number of morpholine rings is 1. The molecule has 23 heavy (non-hydrogen) atoms. The fourth-order valence-corrected chi connectivity index (χ4v) is 3.53. The summed E-state index contributed by atoms with van der Waals surface area (Å²) >= 11 is 0. The average Bonchev–Trinajstić information content (AvgIpc) is 2.83. The first-order valence-corrected chi connectivity index (χ1v) is 8.26. The van der Waals surface area contributed by atoms with Gasteiger partial charge in [-0.2, -0.15) is 0 Å². The zero-order chi connectivity index (χ0) is 16.2. The number of amides is 1. The summed E-state index contributed by atoms with van der Waals surface area (Å²) in [5.41, 5.74) is 1.09. The maximum atomic E-state index is 12.2. The minimum atomic E-state index is 0.0847. The fraction of sp³-hybridized carbons (Fsp3) is 0.750. The molecule has 2 aliphatic rings. The SMILES string of the molecule is COCCN1C(=O)CO[C@H]2CCN(Cc3cn(C)cn3)CC[C@@H]21. The summed E-state index contributed by atoms with van der Waals surface area (Å²) in [4.78, 5) is 20.9. The third-order valence-electron chi connectivity index (χ3n) is 4.72. The van der Waals surface area contributed by atoms with Gasteiger partial charge in [0.1, 0.15) is 6.61 Å². The lowest BCUT2D eigenvalue weighted by atomic mass is 10.0. The average molecular weight is 322 g/mol. The molecule has 128 valence electrons. The summed E-state index contributed by atoms with van der Waals surface area (Å²) in [6.07, 6.45) is 5.92. The molecule has 3 rings (SSSR count). The zero-order valence-electron chi connectivity index (χ0n) is 14.0. The van der Waals surface area contributed by atoms with E-state index in [-0.39, 0.29) is 24.7 Å². The smallest absolute Gasteiger partial charge is 0.249 e. The van der Waals surface area contributed by atoms with E-state index < -0.39 is 0 Å². The Morgan fingerprint density at radius 2 is 2.22 bits per heavy atom. The molecule has 1 aromatic rings. The molecule has 0 bridgehead atoms. The Morgan fingerprint density at radius 3 is 2.96 bits per heavy atom. The molecule has 7 heteroatoms. The van der Waals surface area contributed by atoms with E-state index in [0.29, 0.717) is 13.2 Å². The Bertz CT molecular complexity index is 533. The summed E-state index contributed by atoms with van der Waals surface area (Å²) in [7, 11) is 3.66. The molecule has 0 saturated carbocycles. The van der Waals surface area contributed by atoms with Crippen molar-refractivity contribution < 1.29 is 14.3 Å². The second kappa shape index (κ2) is 7.42. The predicted octanol–water partition coefficient (Wildman–Crippen LogP) is 0.258. The molecule has 1 amide bonds. The van der Waals surface area contributed by atoms with Crippen LogP contribution < -0.4 is 0 Å². The van der Waals surface area contributed by atoms with Crippen molar-refractivity contribution in [3.8, 4) is 0 Å². The van der Waals surface area contributed by atoms with Gasteiger partial charge in [0, 0.05) is 46.5 Å². The Kier molecular flexibility index (Phi) is 5.30. The van der Waals surface area contributed by atoms with Gasteiger partial charge in [0.15, 0.2) is 0 Å². The molecule has 0 spiro atoms. The number of carbonyl (C=O) groups is 1. The number of carbonyl (C=O) groups excluding carboxylic acids is 1. The molecule has 0 aromatic carbocycles. The van der Waals surface area contributed by atoms with Crippen molar-refractivity contribution >= 4 is 5.91 Å². The lowest BCUT2D eigenvalue weighted by molar-refractivity contribution is -0.158. The number of rotatable bonds is 5. The standard InChI is InChI=1S/C16H26N4O3/c1-18-9-13(17-12-18)10-19-5-3-14-15(4-6-19)23-11-16(21)20(14)7-8-22-2/h9,12,14-15H,3-8,10-11H2,1-2H3/t14-,15-/m0/s1. The predicted molar refractivity (Wildman–Crippen MR) is 84.8 cm³/mol. The number of fused-ring (bicyclic) bond motifs is 1. The Labute approximate surface area is 137 Å². The van der Waals surface area contributed by atoms with Crippen molar-refractivity contribution in [2.45, 2.75) is 31.5 Å². The minimum Gasteiger partial charge on any atom is -0.383 e. The van der Waals surface area contributed by atoms with Gasteiger partial charge in [0.25, 0.3) is 0 Å². The highest BCUT2D eigenvalue weighted by molar-refractivity contribution is 5.78. The largest absolute Gasteiger partial charge is 0.383 e. The molecular formula is C16H26N4O3. The van der Waals surface area contributed by atoms with Crippen LogP contribution in [0.1, 0.15) is 18.5 Å². The van der Waals surface area contributed by atoms with Crippen LogP contribution in [0.25, 0.3) is 0 Å². The molecular weight excluding hydrogens is 296 g/mol. The second-order valence-corrected chi connectivity index (χ2v) is 6.38. The van der Waals surface area contributed by atoms with E-state index >= 15 is 0 Å². The maximum Gasteiger partial charge on any atom is 0.249 e. The van der Waals surface area contributed by atoms with Gasteiger partial charge in [-0.05, 0) is 12.8 Å². The number of imidazole rings is 1. The van der Waals surface area contributed by atoms with E-state index in [0.717, 1.165) is 38.2 Å². The quantitative estimate of drug-likeness (QED) is 0.778. The molecule has 0 radical (unpaired) electrons. The molecule has 2 saturated heterocycles. The fourth-order valence-electron chi connectivity index (χ4n) is 3.53. The van der Waals surface area contributed by atoms with Crippen molar-refractivity contribution in [1.29, 1.82) is 0 Å². The van der Waals surface area contributed by atoms with Gasteiger partial charge in [-0.25, -0.2) is 4.98 Å². The highest BCUT2D eigenvalue weighted by Gasteiger charge is 2.38. The molecule has 0 unspecified atom stereocenters. The molecule has 0 aliphatic carbocycles. The van der Waals surface area contributed by atoms with Crippen LogP contribution in [0.15, 0.2) is 12.5 Å². The van der Waals surface area contributed by atoms with Crippen molar-refractivity contribution in [2.75, 3.05) is 40.0 Å². The summed E-state index contributed by atoms with van der Waals surface area (Å²) < 4.78 is 12.9. The first kappa shape index (κ1) is 16.4. The van der Waals surface area contributed by atoms with E-state index in [2.05, 4.69) is 16.1 Å². The molecule has 1 aromatic heterocycles. The second-order valence-electron chi connectivity index (χ2n) is 6.38. The highest BCUT2D eigenvalue weighted by atomic mass is 16.5. The van der Waals surface area contributed by atoms with Crippen LogP contribution in [-0.4, -0.2) is 77.4 Å². The number of hydrogen-bond donors (Lipinski definition) is 0. The van der Waals surface area contributed by atoms with Gasteiger partial charge in [-0.15, -0.1) is 0 Å². The number of nitrogens with zero attached hydrogens (tertiary/aromatic N) is 4. The van der Waals surface area contributed by atoms with Crippen LogP contribution in [0.2, 0.25) is 0 Å². The van der Waals surface area contributed by atoms with E-state index in [1.807, 2.05) is 22.8 Å². The topological polar surface area (TPSA) is 59.8 Å². The molecule has 2 atom stereocenters. The number of aromatic nitrogens is 2.